The molecule has 2 aromatic heterocycles. The third kappa shape index (κ3) is 4.57. The van der Waals surface area contributed by atoms with Crippen molar-refractivity contribution in [3.8, 4) is 17.1 Å². The number of nitrogens with zero attached hydrogens (tertiary/aromatic N) is 4. The SMILES string of the molecule is CCCc1nc(C)c2c(=O)[nH]c(-c3cc(CC4CC(C(=O)N(C)OC)C4)ccc3OCC)nn12. The van der Waals surface area contributed by atoms with E-state index in [0.717, 1.165) is 49.1 Å². The van der Waals surface area contributed by atoms with Crippen LogP contribution in [0.25, 0.3) is 16.9 Å². The molecule has 0 spiro atoms. The van der Waals surface area contributed by atoms with Gasteiger partial charge >= 0.3 is 0 Å². The highest BCUT2D eigenvalue weighted by Gasteiger charge is 2.36. The van der Waals surface area contributed by atoms with Crippen molar-refractivity contribution >= 4 is 11.4 Å². The Morgan fingerprint density at radius 3 is 2.74 bits per heavy atom. The molecule has 1 N–H and O–H groups in total. The van der Waals surface area contributed by atoms with Gasteiger partial charge in [0, 0.05) is 19.4 Å². The monoisotopic (exact) mass is 467 g/mol. The second-order valence-electron chi connectivity index (χ2n) is 8.95. The first-order chi connectivity index (χ1) is 16.4. The molecule has 34 heavy (non-hydrogen) atoms. The number of benzene rings is 1. The molecule has 0 radical (unpaired) electrons. The topological polar surface area (TPSA) is 102 Å². The van der Waals surface area contributed by atoms with Gasteiger partial charge in [-0.1, -0.05) is 13.0 Å². The van der Waals surface area contributed by atoms with Crippen LogP contribution >= 0.6 is 0 Å². The lowest BCUT2D eigenvalue weighted by molar-refractivity contribution is -0.177. The van der Waals surface area contributed by atoms with Crippen molar-refractivity contribution in [2.24, 2.45) is 11.8 Å². The number of carbonyl (C=O) groups is 1. The number of imidazole rings is 1. The summed E-state index contributed by atoms with van der Waals surface area (Å²) in [5.74, 6) is 2.38. The van der Waals surface area contributed by atoms with Crippen LogP contribution in [0.1, 0.15) is 50.2 Å². The van der Waals surface area contributed by atoms with Crippen molar-refractivity contribution < 1.29 is 14.4 Å². The van der Waals surface area contributed by atoms with Gasteiger partial charge in [0.1, 0.15) is 11.6 Å². The zero-order chi connectivity index (χ0) is 24.4. The highest BCUT2D eigenvalue weighted by Crippen LogP contribution is 2.38. The summed E-state index contributed by atoms with van der Waals surface area (Å²) >= 11 is 0. The summed E-state index contributed by atoms with van der Waals surface area (Å²) < 4.78 is 7.53. The summed E-state index contributed by atoms with van der Waals surface area (Å²) in [7, 11) is 3.15. The number of aromatic amines is 1. The maximum atomic E-state index is 12.9. The number of carbonyl (C=O) groups excluding carboxylic acids is 1. The first kappa shape index (κ1) is 23.9. The van der Waals surface area contributed by atoms with Gasteiger partial charge in [0.25, 0.3) is 5.56 Å². The summed E-state index contributed by atoms with van der Waals surface area (Å²) in [4.78, 5) is 37.7. The molecule has 1 fully saturated rings. The number of aromatic nitrogens is 4. The molecule has 1 saturated carbocycles. The molecule has 2 heterocycles. The molecule has 0 unspecified atom stereocenters. The van der Waals surface area contributed by atoms with Gasteiger partial charge in [0.05, 0.1) is 25.0 Å². The van der Waals surface area contributed by atoms with Crippen LogP contribution in [0.15, 0.2) is 23.0 Å². The van der Waals surface area contributed by atoms with Crippen LogP contribution in [-0.4, -0.2) is 51.3 Å². The quantitative estimate of drug-likeness (QED) is 0.485. The lowest BCUT2D eigenvalue weighted by Crippen LogP contribution is -2.40. The van der Waals surface area contributed by atoms with Crippen molar-refractivity contribution in [2.75, 3.05) is 20.8 Å². The van der Waals surface area contributed by atoms with Gasteiger partial charge in [0.2, 0.25) is 5.91 Å². The van der Waals surface area contributed by atoms with Gasteiger partial charge in [0.15, 0.2) is 11.3 Å². The Hall–Kier alpha value is -3.20. The summed E-state index contributed by atoms with van der Waals surface area (Å²) in [6.45, 7) is 6.34. The highest BCUT2D eigenvalue weighted by atomic mass is 16.7. The lowest BCUT2D eigenvalue weighted by Gasteiger charge is -2.36. The minimum atomic E-state index is -0.215. The molecule has 1 aliphatic rings. The average Bonchev–Trinajstić information content (AvgIpc) is 3.11. The maximum Gasteiger partial charge on any atom is 0.277 e. The first-order valence-corrected chi connectivity index (χ1v) is 11.9. The number of rotatable bonds is 9. The van der Waals surface area contributed by atoms with E-state index >= 15 is 0 Å². The van der Waals surface area contributed by atoms with Crippen molar-refractivity contribution in [1.29, 1.82) is 0 Å². The fourth-order valence-corrected chi connectivity index (χ4v) is 4.70. The van der Waals surface area contributed by atoms with Gasteiger partial charge in [-0.05, 0) is 63.1 Å². The Morgan fingerprint density at radius 1 is 1.29 bits per heavy atom. The maximum absolute atomic E-state index is 12.9. The molecule has 1 amide bonds. The van der Waals surface area contributed by atoms with Gasteiger partial charge in [-0.15, -0.1) is 5.10 Å². The van der Waals surface area contributed by atoms with E-state index in [-0.39, 0.29) is 17.4 Å². The Kier molecular flexibility index (Phi) is 7.02. The number of amides is 1. The number of H-pyrrole nitrogens is 1. The van der Waals surface area contributed by atoms with E-state index in [0.29, 0.717) is 35.3 Å². The van der Waals surface area contributed by atoms with Crippen LogP contribution in [0.4, 0.5) is 0 Å². The zero-order valence-corrected chi connectivity index (χ0v) is 20.6. The molecule has 1 aliphatic carbocycles. The summed E-state index contributed by atoms with van der Waals surface area (Å²) in [6, 6.07) is 6.02. The second kappa shape index (κ2) is 9.97. The molecular formula is C25H33N5O4. The fourth-order valence-electron chi connectivity index (χ4n) is 4.70. The molecule has 9 nitrogen and oxygen atoms in total. The first-order valence-electron chi connectivity index (χ1n) is 11.9. The Labute approximate surface area is 199 Å². The summed E-state index contributed by atoms with van der Waals surface area (Å²) in [6.07, 6.45) is 4.17. The predicted molar refractivity (Wildman–Crippen MR) is 129 cm³/mol. The Bertz CT molecular complexity index is 1240. The number of ether oxygens (including phenoxy) is 1. The number of hydrogen-bond donors (Lipinski definition) is 1. The Balaban J connectivity index is 1.64. The van der Waals surface area contributed by atoms with Crippen molar-refractivity contribution in [1.82, 2.24) is 24.6 Å². The average molecular weight is 468 g/mol. The minimum Gasteiger partial charge on any atom is -0.493 e. The van der Waals surface area contributed by atoms with Gasteiger partial charge in [-0.3, -0.25) is 14.4 Å². The van der Waals surface area contributed by atoms with E-state index in [2.05, 4.69) is 16.9 Å². The largest absolute Gasteiger partial charge is 0.493 e. The fraction of sp³-hybridized carbons (Fsp3) is 0.520. The molecule has 1 aromatic carbocycles. The van der Waals surface area contributed by atoms with E-state index in [9.17, 15) is 9.59 Å². The third-order valence-corrected chi connectivity index (χ3v) is 6.51. The highest BCUT2D eigenvalue weighted by molar-refractivity contribution is 5.78. The summed E-state index contributed by atoms with van der Waals surface area (Å²) in [5, 5.41) is 6.07. The normalized spacial score (nSPS) is 17.6. The van der Waals surface area contributed by atoms with Gasteiger partial charge in [-0.25, -0.2) is 14.6 Å². The van der Waals surface area contributed by atoms with Gasteiger partial charge in [-0.2, -0.15) is 0 Å². The van der Waals surface area contributed by atoms with E-state index in [1.54, 1.807) is 11.6 Å². The predicted octanol–water partition coefficient (Wildman–Crippen LogP) is 3.33. The molecule has 9 heteroatoms. The lowest BCUT2D eigenvalue weighted by atomic mass is 9.71. The van der Waals surface area contributed by atoms with Crippen molar-refractivity contribution in [3.63, 3.8) is 0 Å². The molecule has 0 aliphatic heterocycles. The van der Waals surface area contributed by atoms with E-state index < -0.39 is 0 Å². The molecule has 0 atom stereocenters. The molecule has 182 valence electrons. The summed E-state index contributed by atoms with van der Waals surface area (Å²) in [5.41, 5.74) is 2.81. The molecular weight excluding hydrogens is 434 g/mol. The molecule has 4 rings (SSSR count). The number of hydrogen-bond acceptors (Lipinski definition) is 6. The third-order valence-electron chi connectivity index (χ3n) is 6.51. The van der Waals surface area contributed by atoms with Crippen LogP contribution in [0.2, 0.25) is 0 Å². The van der Waals surface area contributed by atoms with E-state index in [1.807, 2.05) is 32.0 Å². The number of aryl methyl sites for hydroxylation is 2. The number of fused-ring (bicyclic) bond motifs is 1. The van der Waals surface area contributed by atoms with Crippen LogP contribution in [0, 0.1) is 18.8 Å². The van der Waals surface area contributed by atoms with Crippen LogP contribution < -0.4 is 10.3 Å². The van der Waals surface area contributed by atoms with Crippen molar-refractivity contribution in [2.45, 2.75) is 52.9 Å². The molecule has 0 bridgehead atoms. The smallest absolute Gasteiger partial charge is 0.277 e. The van der Waals surface area contributed by atoms with E-state index in [1.165, 1.54) is 12.2 Å². The Morgan fingerprint density at radius 2 is 2.06 bits per heavy atom. The standard InChI is InChI=1S/C25H33N5O4/c1-6-8-21-26-15(3)22-24(31)27-23(28-30(21)22)19-14-16(9-10-20(19)34-7-2)11-17-12-18(13-17)25(32)29(4)33-5/h9-10,14,17-18H,6-8,11-13H2,1-5H3,(H,27,28,31). The van der Waals surface area contributed by atoms with Crippen molar-refractivity contribution in [3.05, 3.63) is 45.6 Å². The second-order valence-corrected chi connectivity index (χ2v) is 8.95. The van der Waals surface area contributed by atoms with Gasteiger partial charge < -0.3 is 9.72 Å². The molecule has 3 aromatic rings. The van der Waals surface area contributed by atoms with Crippen LogP contribution in [0.5, 0.6) is 5.75 Å². The van der Waals surface area contributed by atoms with Crippen LogP contribution in [0.3, 0.4) is 0 Å². The van der Waals surface area contributed by atoms with Crippen LogP contribution in [-0.2, 0) is 22.5 Å². The number of nitrogens with one attached hydrogen (secondary N) is 1. The number of hydroxylamine groups is 2. The zero-order valence-electron chi connectivity index (χ0n) is 20.6. The minimum absolute atomic E-state index is 0.0130. The molecule has 0 saturated heterocycles. The van der Waals surface area contributed by atoms with E-state index in [4.69, 9.17) is 14.7 Å².